The fourth-order valence-electron chi connectivity index (χ4n) is 3.51. The Morgan fingerprint density at radius 2 is 1.03 bits per heavy atom. The largest absolute Gasteiger partial charge is 0.488 e. The van der Waals surface area contributed by atoms with E-state index in [1.807, 2.05) is 48.5 Å². The molecule has 3 rings (SSSR count). The Balaban J connectivity index is 1.42. The molecular formula is C26H31BO4. The van der Waals surface area contributed by atoms with Gasteiger partial charge in [0.2, 0.25) is 0 Å². The standard InChI is InChI=1S/C26H31BO4/c28-27(29)26-18-24(13-7-15-30-20-22-9-3-1-4-10-22)17-25(19-26)14-8-16-31-21-23-11-5-2-6-12-23/h1-6,9-12,17-19,28-29H,7-8,13-16,20-21H2. The molecule has 162 valence electrons. The molecule has 0 heterocycles. The van der Waals surface area contributed by atoms with E-state index in [0.29, 0.717) is 31.9 Å². The highest BCUT2D eigenvalue weighted by Crippen LogP contribution is 2.11. The second kappa shape index (κ2) is 13.1. The van der Waals surface area contributed by atoms with Crippen molar-refractivity contribution in [2.24, 2.45) is 0 Å². The van der Waals surface area contributed by atoms with Gasteiger partial charge in [0, 0.05) is 13.2 Å². The van der Waals surface area contributed by atoms with Gasteiger partial charge < -0.3 is 19.5 Å². The van der Waals surface area contributed by atoms with Crippen LogP contribution >= 0.6 is 0 Å². The topological polar surface area (TPSA) is 58.9 Å². The van der Waals surface area contributed by atoms with Gasteiger partial charge in [-0.1, -0.05) is 78.9 Å². The minimum absolute atomic E-state index is 0.544. The Morgan fingerprint density at radius 1 is 0.581 bits per heavy atom. The van der Waals surface area contributed by atoms with E-state index in [9.17, 15) is 10.0 Å². The maximum atomic E-state index is 9.65. The van der Waals surface area contributed by atoms with E-state index in [4.69, 9.17) is 9.47 Å². The number of rotatable bonds is 13. The van der Waals surface area contributed by atoms with E-state index >= 15 is 0 Å². The van der Waals surface area contributed by atoms with Gasteiger partial charge in [0.1, 0.15) is 0 Å². The number of ether oxygens (including phenoxy) is 2. The SMILES string of the molecule is OB(O)c1cc(CCCOCc2ccccc2)cc(CCCOCc2ccccc2)c1. The number of aryl methyl sites for hydroxylation is 2. The van der Waals surface area contributed by atoms with Crippen molar-refractivity contribution in [1.29, 1.82) is 0 Å². The third kappa shape index (κ3) is 8.68. The lowest BCUT2D eigenvalue weighted by atomic mass is 9.78. The molecule has 3 aromatic rings. The molecule has 0 spiro atoms. The molecule has 0 aliphatic carbocycles. The monoisotopic (exact) mass is 418 g/mol. The Hall–Kier alpha value is -2.44. The van der Waals surface area contributed by atoms with Crippen molar-refractivity contribution in [1.82, 2.24) is 0 Å². The summed E-state index contributed by atoms with van der Waals surface area (Å²) in [4.78, 5) is 0. The van der Waals surface area contributed by atoms with Gasteiger partial charge in [-0.3, -0.25) is 0 Å². The Morgan fingerprint density at radius 3 is 1.45 bits per heavy atom. The zero-order valence-electron chi connectivity index (χ0n) is 18.0. The maximum absolute atomic E-state index is 9.65. The van der Waals surface area contributed by atoms with E-state index in [0.717, 1.165) is 36.8 Å². The fraction of sp³-hybridized carbons (Fsp3) is 0.308. The molecule has 2 N–H and O–H groups in total. The molecule has 5 heteroatoms. The normalized spacial score (nSPS) is 10.9. The molecule has 0 atom stereocenters. The van der Waals surface area contributed by atoms with Crippen LogP contribution in [0.2, 0.25) is 0 Å². The third-order valence-corrected chi connectivity index (χ3v) is 5.10. The summed E-state index contributed by atoms with van der Waals surface area (Å²) < 4.78 is 11.5. The lowest BCUT2D eigenvalue weighted by Crippen LogP contribution is -2.30. The van der Waals surface area contributed by atoms with Crippen molar-refractivity contribution in [3.8, 4) is 0 Å². The zero-order valence-corrected chi connectivity index (χ0v) is 18.0. The molecule has 31 heavy (non-hydrogen) atoms. The number of benzene rings is 3. The summed E-state index contributed by atoms with van der Waals surface area (Å²) in [5, 5.41) is 19.3. The Labute approximate surface area is 185 Å². The van der Waals surface area contributed by atoms with E-state index in [2.05, 4.69) is 30.3 Å². The summed E-state index contributed by atoms with van der Waals surface area (Å²) in [6, 6.07) is 26.2. The van der Waals surface area contributed by atoms with Crippen LogP contribution in [0.25, 0.3) is 0 Å². The van der Waals surface area contributed by atoms with Crippen molar-refractivity contribution < 1.29 is 19.5 Å². The van der Waals surface area contributed by atoms with Crippen molar-refractivity contribution >= 4 is 12.6 Å². The van der Waals surface area contributed by atoms with Crippen LogP contribution in [0.4, 0.5) is 0 Å². The lowest BCUT2D eigenvalue weighted by Gasteiger charge is -2.11. The molecule has 0 radical (unpaired) electrons. The molecular weight excluding hydrogens is 387 g/mol. The summed E-state index contributed by atoms with van der Waals surface area (Å²) in [7, 11) is -1.46. The first kappa shape index (κ1) is 23.2. The maximum Gasteiger partial charge on any atom is 0.488 e. The van der Waals surface area contributed by atoms with Crippen molar-refractivity contribution in [3.05, 3.63) is 101 Å². The smallest absolute Gasteiger partial charge is 0.423 e. The molecule has 0 bridgehead atoms. The highest BCUT2D eigenvalue weighted by Gasteiger charge is 2.13. The van der Waals surface area contributed by atoms with E-state index < -0.39 is 7.12 Å². The highest BCUT2D eigenvalue weighted by molar-refractivity contribution is 6.58. The summed E-state index contributed by atoms with van der Waals surface area (Å²) in [6.45, 7) is 2.57. The lowest BCUT2D eigenvalue weighted by molar-refractivity contribution is 0.118. The van der Waals surface area contributed by atoms with Crippen LogP contribution in [0.1, 0.15) is 35.1 Å². The summed E-state index contributed by atoms with van der Waals surface area (Å²) in [6.07, 6.45) is 3.45. The fourth-order valence-corrected chi connectivity index (χ4v) is 3.51. The van der Waals surface area contributed by atoms with Crippen LogP contribution < -0.4 is 5.46 Å². The second-order valence-corrected chi connectivity index (χ2v) is 7.74. The van der Waals surface area contributed by atoms with Gasteiger partial charge in [-0.05, 0) is 53.4 Å². The quantitative estimate of drug-likeness (QED) is 0.329. The average Bonchev–Trinajstić information content (AvgIpc) is 2.80. The predicted octanol–water partition coefficient (Wildman–Crippen LogP) is 3.67. The van der Waals surface area contributed by atoms with Crippen LogP contribution in [-0.4, -0.2) is 30.4 Å². The molecule has 4 nitrogen and oxygen atoms in total. The van der Waals surface area contributed by atoms with E-state index in [1.165, 1.54) is 11.1 Å². The number of hydrogen-bond donors (Lipinski definition) is 2. The molecule has 0 aliphatic rings. The molecule has 3 aromatic carbocycles. The third-order valence-electron chi connectivity index (χ3n) is 5.10. The Bertz CT molecular complexity index is 817. The first-order valence-corrected chi connectivity index (χ1v) is 10.9. The summed E-state index contributed by atoms with van der Waals surface area (Å²) in [5.74, 6) is 0. The first-order chi connectivity index (χ1) is 15.2. The second-order valence-electron chi connectivity index (χ2n) is 7.74. The van der Waals surface area contributed by atoms with Gasteiger partial charge in [-0.25, -0.2) is 0 Å². The Kier molecular flexibility index (Phi) is 9.80. The minimum atomic E-state index is -1.46. The zero-order chi connectivity index (χ0) is 21.7. The summed E-state index contributed by atoms with van der Waals surface area (Å²) in [5.41, 5.74) is 5.10. The van der Waals surface area contributed by atoms with Crippen molar-refractivity contribution in [2.45, 2.75) is 38.9 Å². The molecule has 0 aromatic heterocycles. The molecule has 0 saturated carbocycles. The van der Waals surface area contributed by atoms with Gasteiger partial charge in [0.15, 0.2) is 0 Å². The van der Waals surface area contributed by atoms with Crippen LogP contribution in [0.15, 0.2) is 78.9 Å². The van der Waals surface area contributed by atoms with Crippen LogP contribution in [0.5, 0.6) is 0 Å². The first-order valence-electron chi connectivity index (χ1n) is 10.9. The van der Waals surface area contributed by atoms with Crippen LogP contribution in [0, 0.1) is 0 Å². The van der Waals surface area contributed by atoms with Gasteiger partial charge in [0.05, 0.1) is 13.2 Å². The van der Waals surface area contributed by atoms with E-state index in [-0.39, 0.29) is 0 Å². The van der Waals surface area contributed by atoms with Gasteiger partial charge in [-0.2, -0.15) is 0 Å². The molecule has 0 unspecified atom stereocenters. The number of hydrogen-bond acceptors (Lipinski definition) is 4. The van der Waals surface area contributed by atoms with Crippen LogP contribution in [-0.2, 0) is 35.5 Å². The molecule has 0 amide bonds. The summed E-state index contributed by atoms with van der Waals surface area (Å²) >= 11 is 0. The van der Waals surface area contributed by atoms with E-state index in [1.54, 1.807) is 0 Å². The highest BCUT2D eigenvalue weighted by atomic mass is 16.5. The van der Waals surface area contributed by atoms with Crippen molar-refractivity contribution in [2.75, 3.05) is 13.2 Å². The molecule has 0 saturated heterocycles. The average molecular weight is 418 g/mol. The minimum Gasteiger partial charge on any atom is -0.423 e. The van der Waals surface area contributed by atoms with Gasteiger partial charge in [-0.15, -0.1) is 0 Å². The molecule has 0 fully saturated rings. The molecule has 0 aliphatic heterocycles. The van der Waals surface area contributed by atoms with Crippen molar-refractivity contribution in [3.63, 3.8) is 0 Å². The van der Waals surface area contributed by atoms with Gasteiger partial charge >= 0.3 is 7.12 Å². The van der Waals surface area contributed by atoms with Gasteiger partial charge in [0.25, 0.3) is 0 Å². The van der Waals surface area contributed by atoms with Crippen LogP contribution in [0.3, 0.4) is 0 Å². The predicted molar refractivity (Wildman–Crippen MR) is 125 cm³/mol.